The van der Waals surface area contributed by atoms with Gasteiger partial charge in [0.1, 0.15) is 6.04 Å². The summed E-state index contributed by atoms with van der Waals surface area (Å²) in [4.78, 5) is 34.4. The Morgan fingerprint density at radius 2 is 1.67 bits per heavy atom. The number of hydrogen-bond donors (Lipinski definition) is 2. The number of carboxylic acids is 1. The molecular formula is C23H27BN2O7. The van der Waals surface area contributed by atoms with Crippen LogP contribution in [0, 0.1) is 10.1 Å². The van der Waals surface area contributed by atoms with Gasteiger partial charge in [-0.05, 0) is 44.3 Å². The first-order chi connectivity index (χ1) is 15.4. The molecule has 3 rings (SSSR count). The largest absolute Gasteiger partial charge is 0.494 e. The lowest BCUT2D eigenvalue weighted by molar-refractivity contribution is -0.384. The molecule has 1 aliphatic rings. The molecule has 1 amide bonds. The van der Waals surface area contributed by atoms with Crippen LogP contribution in [-0.2, 0) is 31.7 Å². The Morgan fingerprint density at radius 3 is 2.21 bits per heavy atom. The Morgan fingerprint density at radius 1 is 1.06 bits per heavy atom. The van der Waals surface area contributed by atoms with Gasteiger partial charge in [0, 0.05) is 18.6 Å². The Kier molecular flexibility index (Phi) is 6.90. The van der Waals surface area contributed by atoms with Crippen molar-refractivity contribution in [3.63, 3.8) is 0 Å². The molecule has 2 aromatic rings. The monoisotopic (exact) mass is 454 g/mol. The van der Waals surface area contributed by atoms with Crippen LogP contribution < -0.4 is 10.8 Å². The number of amides is 1. The molecular weight excluding hydrogens is 427 g/mol. The minimum absolute atomic E-state index is 0.0830. The van der Waals surface area contributed by atoms with Gasteiger partial charge in [-0.15, -0.1) is 0 Å². The van der Waals surface area contributed by atoms with Crippen LogP contribution in [0.2, 0.25) is 0 Å². The average Bonchev–Trinajstić information content (AvgIpc) is 2.95. The number of benzene rings is 2. The summed E-state index contributed by atoms with van der Waals surface area (Å²) in [7, 11) is -0.519. The third-order valence-electron chi connectivity index (χ3n) is 6.06. The number of rotatable bonds is 8. The number of nitrogens with one attached hydrogen (secondary N) is 1. The van der Waals surface area contributed by atoms with Gasteiger partial charge in [-0.3, -0.25) is 14.9 Å². The molecule has 10 heteroatoms. The van der Waals surface area contributed by atoms with E-state index in [4.69, 9.17) is 9.31 Å². The third kappa shape index (κ3) is 5.77. The minimum Gasteiger partial charge on any atom is -0.480 e. The van der Waals surface area contributed by atoms with Gasteiger partial charge < -0.3 is 19.7 Å². The molecule has 0 aromatic heterocycles. The van der Waals surface area contributed by atoms with Crippen molar-refractivity contribution in [1.29, 1.82) is 0 Å². The molecule has 174 valence electrons. The summed E-state index contributed by atoms with van der Waals surface area (Å²) in [5, 5.41) is 23.0. The lowest BCUT2D eigenvalue weighted by Gasteiger charge is -2.32. The number of aliphatic carboxylic acids is 1. The zero-order chi connectivity index (χ0) is 24.4. The van der Waals surface area contributed by atoms with E-state index in [0.29, 0.717) is 5.56 Å². The zero-order valence-corrected chi connectivity index (χ0v) is 19.0. The van der Waals surface area contributed by atoms with Crippen LogP contribution in [-0.4, -0.2) is 46.3 Å². The van der Waals surface area contributed by atoms with Crippen LogP contribution in [0.3, 0.4) is 0 Å². The molecule has 1 heterocycles. The van der Waals surface area contributed by atoms with E-state index in [-0.39, 0.29) is 18.5 Å². The van der Waals surface area contributed by atoms with Crippen molar-refractivity contribution >= 4 is 30.1 Å². The van der Waals surface area contributed by atoms with E-state index in [2.05, 4.69) is 5.32 Å². The summed E-state index contributed by atoms with van der Waals surface area (Å²) < 4.78 is 12.1. The quantitative estimate of drug-likeness (QED) is 0.356. The highest BCUT2D eigenvalue weighted by Crippen LogP contribution is 2.36. The summed E-state index contributed by atoms with van der Waals surface area (Å²) in [6.07, 6.45) is -0.0774. The van der Waals surface area contributed by atoms with Gasteiger partial charge in [0.05, 0.1) is 22.5 Å². The first-order valence-electron chi connectivity index (χ1n) is 10.6. The van der Waals surface area contributed by atoms with Crippen LogP contribution in [0.1, 0.15) is 38.8 Å². The van der Waals surface area contributed by atoms with Crippen LogP contribution in [0.4, 0.5) is 5.69 Å². The van der Waals surface area contributed by atoms with Gasteiger partial charge in [-0.2, -0.15) is 0 Å². The molecule has 9 nitrogen and oxygen atoms in total. The number of carboxylic acid groups (broad SMARTS) is 1. The predicted octanol–water partition coefficient (Wildman–Crippen LogP) is 2.25. The van der Waals surface area contributed by atoms with Crippen LogP contribution in [0.15, 0.2) is 48.5 Å². The van der Waals surface area contributed by atoms with Gasteiger partial charge >= 0.3 is 13.1 Å². The molecule has 1 fully saturated rings. The Hall–Kier alpha value is -3.24. The van der Waals surface area contributed by atoms with Gasteiger partial charge in [-0.1, -0.05) is 36.4 Å². The smallest absolute Gasteiger partial charge is 0.480 e. The first kappa shape index (κ1) is 24.4. The van der Waals surface area contributed by atoms with Crippen LogP contribution in [0.5, 0.6) is 0 Å². The van der Waals surface area contributed by atoms with Crippen molar-refractivity contribution < 1.29 is 28.9 Å². The number of non-ortho nitro benzene ring substituents is 1. The Bertz CT molecular complexity index is 1040. The van der Waals surface area contributed by atoms with Crippen molar-refractivity contribution in [2.75, 3.05) is 0 Å². The number of carbonyl (C=O) groups is 2. The molecule has 33 heavy (non-hydrogen) atoms. The molecule has 0 aliphatic carbocycles. The summed E-state index contributed by atoms with van der Waals surface area (Å²) in [5.41, 5.74) is 0.912. The fraction of sp³-hybridized carbons (Fsp3) is 0.391. The Labute approximate surface area is 192 Å². The van der Waals surface area contributed by atoms with Gasteiger partial charge in [0.2, 0.25) is 5.91 Å². The van der Waals surface area contributed by atoms with Crippen molar-refractivity contribution in [2.45, 2.75) is 57.8 Å². The molecule has 0 radical (unpaired) electrons. The second-order valence-electron chi connectivity index (χ2n) is 9.10. The molecule has 1 aliphatic heterocycles. The van der Waals surface area contributed by atoms with E-state index in [1.165, 1.54) is 18.2 Å². The maximum Gasteiger partial charge on any atom is 0.494 e. The summed E-state index contributed by atoms with van der Waals surface area (Å²) in [6.45, 7) is 7.87. The Balaban J connectivity index is 1.63. The lowest BCUT2D eigenvalue weighted by atomic mass is 9.78. The maximum atomic E-state index is 12.4. The number of hydrogen-bond acceptors (Lipinski definition) is 6. The van der Waals surface area contributed by atoms with Crippen molar-refractivity contribution in [3.05, 3.63) is 69.8 Å². The summed E-state index contributed by atoms with van der Waals surface area (Å²) >= 11 is 0. The average molecular weight is 454 g/mol. The second-order valence-corrected chi connectivity index (χ2v) is 9.10. The molecule has 2 aromatic carbocycles. The van der Waals surface area contributed by atoms with E-state index in [1.807, 2.05) is 39.8 Å². The van der Waals surface area contributed by atoms with Gasteiger partial charge in [-0.25, -0.2) is 4.79 Å². The highest BCUT2D eigenvalue weighted by molar-refractivity contribution is 6.62. The van der Waals surface area contributed by atoms with E-state index in [1.54, 1.807) is 18.2 Å². The predicted molar refractivity (Wildman–Crippen MR) is 122 cm³/mol. The van der Waals surface area contributed by atoms with E-state index < -0.39 is 41.2 Å². The summed E-state index contributed by atoms with van der Waals surface area (Å²) in [5.74, 6) is -1.70. The number of nitro groups is 1. The molecule has 2 N–H and O–H groups in total. The van der Waals surface area contributed by atoms with Crippen molar-refractivity contribution in [2.24, 2.45) is 0 Å². The number of nitrogens with zero attached hydrogens (tertiary/aromatic N) is 1. The minimum atomic E-state index is -1.17. The fourth-order valence-corrected chi connectivity index (χ4v) is 3.44. The first-order valence-corrected chi connectivity index (χ1v) is 10.6. The van der Waals surface area contributed by atoms with E-state index in [9.17, 15) is 24.8 Å². The molecule has 1 atom stereocenters. The van der Waals surface area contributed by atoms with Crippen LogP contribution >= 0.6 is 0 Å². The fourth-order valence-electron chi connectivity index (χ4n) is 3.44. The molecule has 0 spiro atoms. The molecule has 0 saturated carbocycles. The number of nitro benzene ring substituents is 1. The molecule has 1 saturated heterocycles. The maximum absolute atomic E-state index is 12.4. The zero-order valence-electron chi connectivity index (χ0n) is 19.0. The highest BCUT2D eigenvalue weighted by Gasteiger charge is 2.51. The lowest BCUT2D eigenvalue weighted by Crippen LogP contribution is -2.43. The second kappa shape index (κ2) is 9.32. The number of carbonyl (C=O) groups excluding carboxylic acids is 1. The standard InChI is InChI=1S/C23H27BN2O7/c1-22(2)23(3,4)33-24(32-22)17-10-8-15(9-11-17)13-19(21(28)29)25-20(27)14-16-6-5-7-18(12-16)26(30)31/h5-12,19H,13-14H2,1-4H3,(H,25,27)(H,28,29)/t19-/m1/s1. The normalized spacial score (nSPS) is 17.4. The van der Waals surface area contributed by atoms with Crippen molar-refractivity contribution in [3.8, 4) is 0 Å². The summed E-state index contributed by atoms with van der Waals surface area (Å²) in [6, 6.07) is 11.8. The van der Waals surface area contributed by atoms with E-state index in [0.717, 1.165) is 11.0 Å². The van der Waals surface area contributed by atoms with Gasteiger partial charge in [0.25, 0.3) is 5.69 Å². The van der Waals surface area contributed by atoms with Crippen LogP contribution in [0.25, 0.3) is 0 Å². The topological polar surface area (TPSA) is 128 Å². The molecule has 0 unspecified atom stereocenters. The van der Waals surface area contributed by atoms with Crippen molar-refractivity contribution in [1.82, 2.24) is 5.32 Å². The molecule has 0 bridgehead atoms. The van der Waals surface area contributed by atoms with E-state index >= 15 is 0 Å². The highest BCUT2D eigenvalue weighted by atomic mass is 16.7. The third-order valence-corrected chi connectivity index (χ3v) is 6.06. The SMILES string of the molecule is CC1(C)OB(c2ccc(C[C@@H](NC(=O)Cc3cccc([N+](=O)[O-])c3)C(=O)O)cc2)OC1(C)C. The van der Waals surface area contributed by atoms with Gasteiger partial charge in [0.15, 0.2) is 0 Å².